The molecule has 25 heavy (non-hydrogen) atoms. The third kappa shape index (κ3) is 5.67. The van der Waals surface area contributed by atoms with Gasteiger partial charge in [-0.2, -0.15) is 0 Å². The zero-order valence-corrected chi connectivity index (χ0v) is 15.7. The molecule has 0 radical (unpaired) electrons. The Labute approximate surface area is 152 Å². The van der Waals surface area contributed by atoms with Gasteiger partial charge < -0.3 is 10.6 Å². The van der Waals surface area contributed by atoms with Gasteiger partial charge >= 0.3 is 0 Å². The number of benzene rings is 1. The van der Waals surface area contributed by atoms with Crippen LogP contribution in [0.1, 0.15) is 62.6 Å². The van der Waals surface area contributed by atoms with E-state index in [0.29, 0.717) is 5.92 Å². The molecule has 2 amide bonds. The Hall–Kier alpha value is -2.21. The smallest absolute Gasteiger partial charge is 0.224 e. The average Bonchev–Trinajstić information content (AvgIpc) is 3.12. The summed E-state index contributed by atoms with van der Waals surface area (Å²) in [5.41, 5.74) is 1.91. The van der Waals surface area contributed by atoms with Gasteiger partial charge in [-0.1, -0.05) is 39.0 Å². The molecule has 0 saturated carbocycles. The maximum atomic E-state index is 12.2. The summed E-state index contributed by atoms with van der Waals surface area (Å²) in [5.74, 6) is 0.0447. The number of hydrogen-bond donors (Lipinski definition) is 2. The summed E-state index contributed by atoms with van der Waals surface area (Å²) in [6, 6.07) is 7.67. The fourth-order valence-electron chi connectivity index (χ4n) is 2.57. The van der Waals surface area contributed by atoms with E-state index in [1.165, 1.54) is 11.3 Å². The van der Waals surface area contributed by atoms with Crippen LogP contribution in [-0.4, -0.2) is 16.8 Å². The number of anilines is 1. The highest BCUT2D eigenvalue weighted by Crippen LogP contribution is 2.24. The zero-order chi connectivity index (χ0) is 18.2. The Bertz CT molecular complexity index is 698. The number of hydrogen-bond acceptors (Lipinski definition) is 4. The van der Waals surface area contributed by atoms with Crippen LogP contribution >= 0.6 is 11.3 Å². The highest BCUT2D eigenvalue weighted by Gasteiger charge is 2.16. The Morgan fingerprint density at radius 1 is 1.16 bits per heavy atom. The minimum atomic E-state index is -0.148. The van der Waals surface area contributed by atoms with Gasteiger partial charge in [0.2, 0.25) is 11.8 Å². The van der Waals surface area contributed by atoms with Gasteiger partial charge in [0.15, 0.2) is 0 Å². The number of thiazole rings is 1. The van der Waals surface area contributed by atoms with Crippen LogP contribution in [0.3, 0.4) is 0 Å². The molecular formula is C19H25N3O2S. The lowest BCUT2D eigenvalue weighted by molar-refractivity contribution is -0.124. The summed E-state index contributed by atoms with van der Waals surface area (Å²) in [7, 11) is 0. The molecule has 2 N–H and O–H groups in total. The summed E-state index contributed by atoms with van der Waals surface area (Å²) < 4.78 is 0. The molecule has 0 bridgehead atoms. The van der Waals surface area contributed by atoms with E-state index in [4.69, 9.17) is 0 Å². The van der Waals surface area contributed by atoms with Crippen molar-refractivity contribution in [3.63, 3.8) is 0 Å². The summed E-state index contributed by atoms with van der Waals surface area (Å²) >= 11 is 1.52. The molecule has 0 saturated heterocycles. The van der Waals surface area contributed by atoms with Crippen LogP contribution in [-0.2, 0) is 9.59 Å². The van der Waals surface area contributed by atoms with E-state index in [0.717, 1.165) is 22.7 Å². The maximum absolute atomic E-state index is 12.2. The molecule has 2 aromatic rings. The molecule has 1 aromatic heterocycles. The molecular weight excluding hydrogens is 334 g/mol. The minimum Gasteiger partial charge on any atom is -0.347 e. The number of para-hydroxylation sites is 1. The molecule has 0 spiro atoms. The first-order valence-corrected chi connectivity index (χ1v) is 9.46. The van der Waals surface area contributed by atoms with Gasteiger partial charge in [-0.15, -0.1) is 11.3 Å². The van der Waals surface area contributed by atoms with Crippen LogP contribution in [0.25, 0.3) is 0 Å². The van der Waals surface area contributed by atoms with Gasteiger partial charge in [0.05, 0.1) is 6.04 Å². The molecule has 134 valence electrons. The first kappa shape index (κ1) is 19.1. The van der Waals surface area contributed by atoms with Crippen molar-refractivity contribution in [1.82, 2.24) is 10.3 Å². The molecule has 6 heteroatoms. The largest absolute Gasteiger partial charge is 0.347 e. The van der Waals surface area contributed by atoms with Crippen LogP contribution in [0.4, 0.5) is 5.69 Å². The van der Waals surface area contributed by atoms with Crippen LogP contribution in [0, 0.1) is 0 Å². The molecule has 5 nitrogen and oxygen atoms in total. The molecule has 0 aliphatic heterocycles. The molecule has 1 aromatic carbocycles. The third-order valence-corrected chi connectivity index (χ3v) is 4.82. The SMILES string of the molecule is CC[C@H](NC(=O)CCC(=O)Nc1ccccc1C(C)C)c1nccs1. The van der Waals surface area contributed by atoms with Crippen molar-refractivity contribution in [2.24, 2.45) is 0 Å². The standard InChI is InChI=1S/C19H25N3O2S/c1-4-15(19-20-11-12-25-19)21-17(23)9-10-18(24)22-16-8-6-5-7-14(16)13(2)3/h5-8,11-13,15H,4,9-10H2,1-3H3,(H,21,23)(H,22,24)/t15-/m0/s1. The topological polar surface area (TPSA) is 71.1 Å². The predicted octanol–water partition coefficient (Wildman–Crippen LogP) is 4.25. The molecule has 0 aliphatic carbocycles. The van der Waals surface area contributed by atoms with Crippen molar-refractivity contribution in [3.8, 4) is 0 Å². The second kappa shape index (κ2) is 9.32. The monoisotopic (exact) mass is 359 g/mol. The van der Waals surface area contributed by atoms with Crippen LogP contribution in [0.2, 0.25) is 0 Å². The molecule has 0 fully saturated rings. The Kier molecular flexibility index (Phi) is 7.13. The highest BCUT2D eigenvalue weighted by molar-refractivity contribution is 7.09. The number of nitrogens with zero attached hydrogens (tertiary/aromatic N) is 1. The maximum Gasteiger partial charge on any atom is 0.224 e. The Balaban J connectivity index is 1.84. The lowest BCUT2D eigenvalue weighted by Gasteiger charge is -2.15. The zero-order valence-electron chi connectivity index (χ0n) is 14.9. The van der Waals surface area contributed by atoms with Crippen molar-refractivity contribution < 1.29 is 9.59 Å². The van der Waals surface area contributed by atoms with Gasteiger partial charge in [-0.25, -0.2) is 4.98 Å². The highest BCUT2D eigenvalue weighted by atomic mass is 32.1. The van der Waals surface area contributed by atoms with E-state index >= 15 is 0 Å². The molecule has 1 atom stereocenters. The number of amides is 2. The first-order chi connectivity index (χ1) is 12.0. The van der Waals surface area contributed by atoms with Crippen LogP contribution < -0.4 is 10.6 Å². The second-order valence-corrected chi connectivity index (χ2v) is 7.11. The van der Waals surface area contributed by atoms with Crippen LogP contribution in [0.15, 0.2) is 35.8 Å². The van der Waals surface area contributed by atoms with Gasteiger partial charge in [0.25, 0.3) is 0 Å². The van der Waals surface area contributed by atoms with Gasteiger partial charge in [-0.3, -0.25) is 9.59 Å². The first-order valence-electron chi connectivity index (χ1n) is 8.58. The summed E-state index contributed by atoms with van der Waals surface area (Å²) in [4.78, 5) is 28.5. The van der Waals surface area contributed by atoms with Crippen LogP contribution in [0.5, 0.6) is 0 Å². The van der Waals surface area contributed by atoms with Crippen molar-refractivity contribution in [2.75, 3.05) is 5.32 Å². The van der Waals surface area contributed by atoms with Gasteiger partial charge in [-0.05, 0) is 24.0 Å². The predicted molar refractivity (Wildman–Crippen MR) is 102 cm³/mol. The summed E-state index contributed by atoms with van der Waals surface area (Å²) in [6.45, 7) is 6.17. The van der Waals surface area contributed by atoms with E-state index in [-0.39, 0.29) is 30.7 Å². The number of carbonyl (C=O) groups excluding carboxylic acids is 2. The van der Waals surface area contributed by atoms with E-state index in [1.807, 2.05) is 36.6 Å². The minimum absolute atomic E-state index is 0.0859. The number of nitrogens with one attached hydrogen (secondary N) is 2. The summed E-state index contributed by atoms with van der Waals surface area (Å²) in [5, 5.41) is 8.65. The van der Waals surface area contributed by atoms with E-state index < -0.39 is 0 Å². The normalized spacial score (nSPS) is 12.0. The fourth-order valence-corrected chi connectivity index (χ4v) is 3.34. The average molecular weight is 359 g/mol. The summed E-state index contributed by atoms with van der Waals surface area (Å²) in [6.07, 6.45) is 2.83. The Morgan fingerprint density at radius 2 is 1.88 bits per heavy atom. The Morgan fingerprint density at radius 3 is 2.52 bits per heavy atom. The van der Waals surface area contributed by atoms with Gasteiger partial charge in [0.1, 0.15) is 5.01 Å². The molecule has 1 heterocycles. The van der Waals surface area contributed by atoms with Gasteiger partial charge in [0, 0.05) is 30.1 Å². The van der Waals surface area contributed by atoms with Crippen molar-refractivity contribution in [3.05, 3.63) is 46.4 Å². The lowest BCUT2D eigenvalue weighted by atomic mass is 10.0. The lowest BCUT2D eigenvalue weighted by Crippen LogP contribution is -2.29. The number of carbonyl (C=O) groups is 2. The van der Waals surface area contributed by atoms with Crippen molar-refractivity contribution in [1.29, 1.82) is 0 Å². The van der Waals surface area contributed by atoms with Crippen molar-refractivity contribution >= 4 is 28.8 Å². The molecule has 0 aliphatic rings. The van der Waals surface area contributed by atoms with E-state index in [1.54, 1.807) is 6.20 Å². The molecule has 0 unspecified atom stereocenters. The van der Waals surface area contributed by atoms with E-state index in [9.17, 15) is 9.59 Å². The number of rotatable bonds is 8. The fraction of sp³-hybridized carbons (Fsp3) is 0.421. The van der Waals surface area contributed by atoms with E-state index in [2.05, 4.69) is 29.5 Å². The number of aromatic nitrogens is 1. The quantitative estimate of drug-likeness (QED) is 0.740. The van der Waals surface area contributed by atoms with Crippen molar-refractivity contribution in [2.45, 2.75) is 52.0 Å². The molecule has 2 rings (SSSR count). The second-order valence-electron chi connectivity index (χ2n) is 6.19. The third-order valence-electron chi connectivity index (χ3n) is 3.93.